The van der Waals surface area contributed by atoms with Crippen LogP contribution < -0.4 is 15.4 Å². The van der Waals surface area contributed by atoms with Crippen molar-refractivity contribution in [1.29, 1.82) is 0 Å². The van der Waals surface area contributed by atoms with Gasteiger partial charge >= 0.3 is 0 Å². The fourth-order valence-electron chi connectivity index (χ4n) is 4.46. The van der Waals surface area contributed by atoms with Gasteiger partial charge in [0.15, 0.2) is 11.6 Å². The topological polar surface area (TPSA) is 67.4 Å². The highest BCUT2D eigenvalue weighted by molar-refractivity contribution is 6.10. The minimum absolute atomic E-state index is 0.0299. The first-order chi connectivity index (χ1) is 15.6. The number of benzene rings is 3. The Hall–Kier alpha value is -3.86. The lowest BCUT2D eigenvalue weighted by Crippen LogP contribution is -2.23. The van der Waals surface area contributed by atoms with Crippen molar-refractivity contribution in [1.82, 2.24) is 0 Å². The van der Waals surface area contributed by atoms with Gasteiger partial charge in [0.25, 0.3) is 0 Å². The highest BCUT2D eigenvalue weighted by Gasteiger charge is 2.32. The third-order valence-electron chi connectivity index (χ3n) is 6.08. The Morgan fingerprint density at radius 1 is 0.906 bits per heavy atom. The van der Waals surface area contributed by atoms with E-state index in [4.69, 9.17) is 4.74 Å². The summed E-state index contributed by atoms with van der Waals surface area (Å²) < 4.78 is 5.41. The van der Waals surface area contributed by atoms with E-state index in [0.29, 0.717) is 17.5 Å². The van der Waals surface area contributed by atoms with Crippen LogP contribution in [0.2, 0.25) is 0 Å². The number of ketones is 2. The molecule has 0 fully saturated rings. The van der Waals surface area contributed by atoms with Gasteiger partial charge in [-0.3, -0.25) is 9.59 Å². The van der Waals surface area contributed by atoms with Crippen molar-refractivity contribution in [3.8, 4) is 5.75 Å². The molecule has 0 spiro atoms. The first-order valence-corrected chi connectivity index (χ1v) is 10.8. The van der Waals surface area contributed by atoms with Gasteiger partial charge in [-0.1, -0.05) is 42.5 Å². The first-order valence-electron chi connectivity index (χ1n) is 10.8. The monoisotopic (exact) mass is 424 g/mol. The molecule has 0 aromatic heterocycles. The Labute approximate surface area is 187 Å². The zero-order chi connectivity index (χ0) is 22.1. The SMILES string of the molecule is COc1cccc([C@H]2Nc3ccc(C(=O)c4ccccc4)cc3NC3=C2C(=O)CCC3)c1. The third-order valence-corrected chi connectivity index (χ3v) is 6.08. The molecule has 5 rings (SSSR count). The molecule has 3 aromatic carbocycles. The van der Waals surface area contributed by atoms with Crippen molar-refractivity contribution in [2.75, 3.05) is 17.7 Å². The lowest BCUT2D eigenvalue weighted by Gasteiger charge is -2.25. The fraction of sp³-hybridized carbons (Fsp3) is 0.185. The molecule has 0 radical (unpaired) electrons. The molecule has 2 N–H and O–H groups in total. The standard InChI is InChI=1S/C27H24N2O3/c1-32-20-10-5-9-18(15-20)26-25-22(11-6-12-24(25)30)28-23-16-19(13-14-21(23)29-26)27(31)17-7-3-2-4-8-17/h2-5,7-10,13-16,26,28-29H,6,11-12H2,1H3/t26-/m1/s1. The van der Waals surface area contributed by atoms with Crippen molar-refractivity contribution in [3.05, 3.63) is 101 Å². The number of allylic oxidation sites excluding steroid dienone is 1. The van der Waals surface area contributed by atoms with Gasteiger partial charge in [0.2, 0.25) is 0 Å². The lowest BCUT2D eigenvalue weighted by molar-refractivity contribution is -0.116. The van der Waals surface area contributed by atoms with Gasteiger partial charge in [-0.2, -0.15) is 0 Å². The van der Waals surface area contributed by atoms with Gasteiger partial charge < -0.3 is 15.4 Å². The number of hydrogen-bond acceptors (Lipinski definition) is 5. The van der Waals surface area contributed by atoms with E-state index in [0.717, 1.165) is 46.8 Å². The Morgan fingerprint density at radius 2 is 1.75 bits per heavy atom. The molecule has 0 bridgehead atoms. The van der Waals surface area contributed by atoms with Crippen LogP contribution >= 0.6 is 0 Å². The largest absolute Gasteiger partial charge is 0.497 e. The summed E-state index contributed by atoms with van der Waals surface area (Å²) in [6.07, 6.45) is 2.14. The van der Waals surface area contributed by atoms with E-state index in [-0.39, 0.29) is 17.6 Å². The van der Waals surface area contributed by atoms with Gasteiger partial charge in [0, 0.05) is 28.8 Å². The molecule has 32 heavy (non-hydrogen) atoms. The molecule has 3 aromatic rings. The normalized spacial score (nSPS) is 17.4. The summed E-state index contributed by atoms with van der Waals surface area (Å²) in [4.78, 5) is 26.0. The summed E-state index contributed by atoms with van der Waals surface area (Å²) in [7, 11) is 1.64. The predicted octanol–water partition coefficient (Wildman–Crippen LogP) is 5.51. The van der Waals surface area contributed by atoms with Crippen LogP contribution in [-0.4, -0.2) is 18.7 Å². The van der Waals surface area contributed by atoms with Crippen molar-refractivity contribution in [2.45, 2.75) is 25.3 Å². The molecule has 160 valence electrons. The molecule has 5 nitrogen and oxygen atoms in total. The number of ether oxygens (including phenoxy) is 1. The second kappa shape index (κ2) is 8.35. The van der Waals surface area contributed by atoms with Crippen LogP contribution in [0.15, 0.2) is 84.1 Å². The summed E-state index contributed by atoms with van der Waals surface area (Å²) in [5.41, 5.74) is 5.56. The lowest BCUT2D eigenvalue weighted by atomic mass is 9.86. The van der Waals surface area contributed by atoms with Crippen LogP contribution in [0.1, 0.15) is 46.8 Å². The summed E-state index contributed by atoms with van der Waals surface area (Å²) >= 11 is 0. The number of carbonyl (C=O) groups is 2. The van der Waals surface area contributed by atoms with Crippen LogP contribution in [0.25, 0.3) is 0 Å². The van der Waals surface area contributed by atoms with Gasteiger partial charge in [0.1, 0.15) is 5.75 Å². The van der Waals surface area contributed by atoms with E-state index >= 15 is 0 Å². The number of fused-ring (bicyclic) bond motifs is 1. The number of methoxy groups -OCH3 is 1. The van der Waals surface area contributed by atoms with Crippen molar-refractivity contribution in [2.24, 2.45) is 0 Å². The number of carbonyl (C=O) groups excluding carboxylic acids is 2. The summed E-state index contributed by atoms with van der Waals surface area (Å²) in [5.74, 6) is 0.862. The maximum absolute atomic E-state index is 13.0. The van der Waals surface area contributed by atoms with E-state index in [1.54, 1.807) is 7.11 Å². The molecule has 0 amide bonds. The quantitative estimate of drug-likeness (QED) is 0.541. The van der Waals surface area contributed by atoms with Crippen LogP contribution in [-0.2, 0) is 4.79 Å². The van der Waals surface area contributed by atoms with E-state index in [9.17, 15) is 9.59 Å². The molecule has 1 heterocycles. The summed E-state index contributed by atoms with van der Waals surface area (Å²) in [6.45, 7) is 0. The Kier molecular flexibility index (Phi) is 5.23. The van der Waals surface area contributed by atoms with Crippen LogP contribution in [0.4, 0.5) is 11.4 Å². The maximum Gasteiger partial charge on any atom is 0.193 e. The molecule has 0 unspecified atom stereocenters. The molecule has 1 aliphatic carbocycles. The average molecular weight is 425 g/mol. The molecule has 1 aliphatic heterocycles. The number of Topliss-reactive ketones (excluding diaryl/α,β-unsaturated/α-hetero) is 1. The van der Waals surface area contributed by atoms with Gasteiger partial charge in [-0.05, 0) is 48.7 Å². The second-order valence-electron chi connectivity index (χ2n) is 8.10. The van der Waals surface area contributed by atoms with Crippen molar-refractivity contribution in [3.63, 3.8) is 0 Å². The van der Waals surface area contributed by atoms with Crippen LogP contribution in [0, 0.1) is 0 Å². The molecule has 1 atom stereocenters. The minimum atomic E-state index is -0.294. The highest BCUT2D eigenvalue weighted by Crippen LogP contribution is 2.41. The highest BCUT2D eigenvalue weighted by atomic mass is 16.5. The average Bonchev–Trinajstić information content (AvgIpc) is 3.01. The minimum Gasteiger partial charge on any atom is -0.497 e. The van der Waals surface area contributed by atoms with Crippen LogP contribution in [0.5, 0.6) is 5.75 Å². The summed E-state index contributed by atoms with van der Waals surface area (Å²) in [5, 5.41) is 7.03. The number of hydrogen-bond donors (Lipinski definition) is 2. The van der Waals surface area contributed by atoms with Gasteiger partial charge in [-0.25, -0.2) is 0 Å². The zero-order valence-corrected chi connectivity index (χ0v) is 17.9. The second-order valence-corrected chi connectivity index (χ2v) is 8.10. The molecule has 0 saturated heterocycles. The van der Waals surface area contributed by atoms with Gasteiger partial charge in [-0.15, -0.1) is 0 Å². The zero-order valence-electron chi connectivity index (χ0n) is 17.9. The van der Waals surface area contributed by atoms with E-state index in [2.05, 4.69) is 10.6 Å². The smallest absolute Gasteiger partial charge is 0.193 e. The molecule has 0 saturated carbocycles. The Bertz CT molecular complexity index is 1230. The fourth-order valence-corrected chi connectivity index (χ4v) is 4.46. The molecular formula is C27H24N2O3. The van der Waals surface area contributed by atoms with Crippen molar-refractivity contribution >= 4 is 22.9 Å². The van der Waals surface area contributed by atoms with E-state index < -0.39 is 0 Å². The molecule has 2 aliphatic rings. The Morgan fingerprint density at radius 3 is 2.56 bits per heavy atom. The van der Waals surface area contributed by atoms with Crippen molar-refractivity contribution < 1.29 is 14.3 Å². The van der Waals surface area contributed by atoms with E-state index in [1.807, 2.05) is 72.8 Å². The van der Waals surface area contributed by atoms with Crippen LogP contribution in [0.3, 0.4) is 0 Å². The third kappa shape index (κ3) is 3.66. The van der Waals surface area contributed by atoms with Gasteiger partial charge in [0.05, 0.1) is 24.5 Å². The predicted molar refractivity (Wildman–Crippen MR) is 125 cm³/mol. The number of anilines is 2. The Balaban J connectivity index is 1.58. The number of nitrogens with one attached hydrogen (secondary N) is 2. The molecular weight excluding hydrogens is 400 g/mol. The first kappa shape index (κ1) is 20.1. The maximum atomic E-state index is 13.0. The summed E-state index contributed by atoms with van der Waals surface area (Å²) in [6, 6.07) is 22.4. The van der Waals surface area contributed by atoms with E-state index in [1.165, 1.54) is 0 Å². The number of rotatable bonds is 4. The molecule has 5 heteroatoms.